The van der Waals surface area contributed by atoms with E-state index in [-0.39, 0.29) is 5.16 Å². The molecule has 1 amide bonds. The molecular weight excluding hydrogens is 493 g/mol. The van der Waals surface area contributed by atoms with Crippen molar-refractivity contribution in [3.63, 3.8) is 0 Å². The van der Waals surface area contributed by atoms with E-state index in [1.165, 1.54) is 0 Å². The van der Waals surface area contributed by atoms with Crippen molar-refractivity contribution in [3.8, 4) is 0 Å². The molecule has 0 atom stereocenters. The van der Waals surface area contributed by atoms with Crippen LogP contribution in [0.1, 0.15) is 5.56 Å². The fraction of sp³-hybridized carbons (Fsp3) is 0.105. The molecule has 2 aromatic carbocycles. The van der Waals surface area contributed by atoms with Crippen molar-refractivity contribution in [2.45, 2.75) is 21.1 Å². The summed E-state index contributed by atoms with van der Waals surface area (Å²) in [5.41, 5.74) is -2.77. The standard InChI is InChI=1S/C19H12F5N3O4S2/c20-11-4-5-13(21)14(7-11)26-16(28)9-32-18-25-8-15(17(29)27-18)33(30,31)12-3-1-2-10(6-12)19(22,23)24/h1-8H,9H2,(H,26,28)(H,25,27,29). The number of hydrogen-bond donors (Lipinski definition) is 2. The van der Waals surface area contributed by atoms with Crippen molar-refractivity contribution >= 4 is 33.2 Å². The van der Waals surface area contributed by atoms with E-state index in [1.807, 2.05) is 0 Å². The average molecular weight is 505 g/mol. The maximum atomic E-state index is 13.6. The number of H-pyrrole nitrogens is 1. The molecular formula is C19H12F5N3O4S2. The quantitative estimate of drug-likeness (QED) is 0.301. The topological polar surface area (TPSA) is 109 Å². The lowest BCUT2D eigenvalue weighted by Crippen LogP contribution is -2.20. The number of nitrogens with zero attached hydrogens (tertiary/aromatic N) is 1. The minimum Gasteiger partial charge on any atom is -0.323 e. The molecule has 2 N–H and O–H groups in total. The van der Waals surface area contributed by atoms with Gasteiger partial charge in [-0.05, 0) is 30.3 Å². The van der Waals surface area contributed by atoms with Crippen molar-refractivity contribution in [2.75, 3.05) is 11.1 Å². The number of hydrogen-bond acceptors (Lipinski definition) is 6. The van der Waals surface area contributed by atoms with E-state index in [0.717, 1.165) is 30.3 Å². The van der Waals surface area contributed by atoms with Gasteiger partial charge in [0.05, 0.1) is 28.1 Å². The van der Waals surface area contributed by atoms with E-state index in [4.69, 9.17) is 0 Å². The largest absolute Gasteiger partial charge is 0.416 e. The predicted octanol–water partition coefficient (Wildman–Crippen LogP) is 3.63. The Morgan fingerprint density at radius 1 is 1.12 bits per heavy atom. The highest BCUT2D eigenvalue weighted by Crippen LogP contribution is 2.31. The Balaban J connectivity index is 1.75. The third kappa shape index (κ3) is 5.76. The Kier molecular flexibility index (Phi) is 6.88. The number of anilines is 1. The van der Waals surface area contributed by atoms with Crippen LogP contribution >= 0.6 is 11.8 Å². The number of carbonyl (C=O) groups is 1. The van der Waals surface area contributed by atoms with Crippen LogP contribution in [0, 0.1) is 11.6 Å². The van der Waals surface area contributed by atoms with Gasteiger partial charge in [-0.15, -0.1) is 0 Å². The SMILES string of the molecule is O=C(CSc1ncc(S(=O)(=O)c2cccc(C(F)(F)F)c2)c(=O)[nH]1)Nc1cc(F)ccc1F. The summed E-state index contributed by atoms with van der Waals surface area (Å²) in [6, 6.07) is 5.33. The fourth-order valence-corrected chi connectivity index (χ4v) is 4.42. The third-order valence-electron chi connectivity index (χ3n) is 4.05. The van der Waals surface area contributed by atoms with Crippen LogP contribution in [0.2, 0.25) is 0 Å². The molecule has 0 aliphatic carbocycles. The number of amides is 1. The number of sulfone groups is 1. The highest BCUT2D eigenvalue weighted by atomic mass is 32.2. The normalized spacial score (nSPS) is 11.9. The van der Waals surface area contributed by atoms with E-state index in [1.54, 1.807) is 0 Å². The summed E-state index contributed by atoms with van der Waals surface area (Å²) in [6.45, 7) is 0. The second kappa shape index (κ2) is 9.31. The highest BCUT2D eigenvalue weighted by molar-refractivity contribution is 7.99. The third-order valence-corrected chi connectivity index (χ3v) is 6.68. The number of alkyl halides is 3. The zero-order valence-electron chi connectivity index (χ0n) is 16.1. The summed E-state index contributed by atoms with van der Waals surface area (Å²) in [7, 11) is -4.62. The number of thioether (sulfide) groups is 1. The number of aromatic amines is 1. The van der Waals surface area contributed by atoms with Gasteiger partial charge < -0.3 is 10.3 Å². The molecule has 0 aliphatic rings. The number of rotatable bonds is 6. The van der Waals surface area contributed by atoms with Crippen LogP contribution in [0.4, 0.5) is 27.6 Å². The first-order valence-corrected chi connectivity index (χ1v) is 11.2. The summed E-state index contributed by atoms with van der Waals surface area (Å²) in [6.07, 6.45) is -4.13. The summed E-state index contributed by atoms with van der Waals surface area (Å²) in [4.78, 5) is 28.4. The molecule has 0 saturated heterocycles. The summed E-state index contributed by atoms with van der Waals surface area (Å²) < 4.78 is 90.5. The molecule has 174 valence electrons. The van der Waals surface area contributed by atoms with Crippen LogP contribution in [-0.2, 0) is 20.8 Å². The van der Waals surface area contributed by atoms with Crippen molar-refractivity contribution in [3.05, 3.63) is 76.2 Å². The van der Waals surface area contributed by atoms with Crippen LogP contribution in [0.25, 0.3) is 0 Å². The lowest BCUT2D eigenvalue weighted by Gasteiger charge is -2.09. The van der Waals surface area contributed by atoms with Gasteiger partial charge in [0.2, 0.25) is 15.7 Å². The lowest BCUT2D eigenvalue weighted by molar-refractivity contribution is -0.137. The van der Waals surface area contributed by atoms with Gasteiger partial charge in [0.25, 0.3) is 5.56 Å². The van der Waals surface area contributed by atoms with Crippen molar-refractivity contribution < 1.29 is 35.2 Å². The molecule has 3 rings (SSSR count). The second-order valence-corrected chi connectivity index (χ2v) is 9.25. The smallest absolute Gasteiger partial charge is 0.323 e. The molecule has 7 nitrogen and oxygen atoms in total. The first-order chi connectivity index (χ1) is 15.4. The minimum atomic E-state index is -4.79. The zero-order valence-corrected chi connectivity index (χ0v) is 17.7. The molecule has 0 radical (unpaired) electrons. The summed E-state index contributed by atoms with van der Waals surface area (Å²) in [5, 5.41) is 1.95. The van der Waals surface area contributed by atoms with Gasteiger partial charge in [0, 0.05) is 6.07 Å². The average Bonchev–Trinajstić information content (AvgIpc) is 2.74. The van der Waals surface area contributed by atoms with Crippen LogP contribution in [0.15, 0.2) is 68.4 Å². The second-order valence-electron chi connectivity index (χ2n) is 6.37. The van der Waals surface area contributed by atoms with E-state index >= 15 is 0 Å². The van der Waals surface area contributed by atoms with Gasteiger partial charge in [0.1, 0.15) is 11.6 Å². The first kappa shape index (κ1) is 24.4. The fourth-order valence-electron chi connectivity index (χ4n) is 2.51. The first-order valence-electron chi connectivity index (χ1n) is 8.77. The van der Waals surface area contributed by atoms with Gasteiger partial charge >= 0.3 is 6.18 Å². The van der Waals surface area contributed by atoms with E-state index < -0.39 is 65.9 Å². The molecule has 1 heterocycles. The Bertz CT molecular complexity index is 1370. The van der Waals surface area contributed by atoms with Gasteiger partial charge in [-0.1, -0.05) is 17.8 Å². The molecule has 3 aromatic rings. The van der Waals surface area contributed by atoms with Gasteiger partial charge in [-0.3, -0.25) is 9.59 Å². The number of halogens is 5. The summed E-state index contributed by atoms with van der Waals surface area (Å²) >= 11 is 0.654. The molecule has 0 saturated carbocycles. The van der Waals surface area contributed by atoms with E-state index in [2.05, 4.69) is 15.3 Å². The number of nitrogens with one attached hydrogen (secondary N) is 2. The van der Waals surface area contributed by atoms with Crippen LogP contribution < -0.4 is 10.9 Å². The number of carbonyl (C=O) groups excluding carboxylic acids is 1. The molecule has 0 aliphatic heterocycles. The molecule has 1 aromatic heterocycles. The summed E-state index contributed by atoms with van der Waals surface area (Å²) in [5.74, 6) is -2.82. The van der Waals surface area contributed by atoms with Gasteiger partial charge in [0.15, 0.2) is 10.1 Å². The monoisotopic (exact) mass is 505 g/mol. The van der Waals surface area contributed by atoms with E-state index in [0.29, 0.717) is 30.1 Å². The minimum absolute atomic E-state index is 0.183. The number of aromatic nitrogens is 2. The van der Waals surface area contributed by atoms with Gasteiger partial charge in [-0.25, -0.2) is 22.2 Å². The lowest BCUT2D eigenvalue weighted by atomic mass is 10.2. The molecule has 14 heteroatoms. The van der Waals surface area contributed by atoms with Crippen LogP contribution in [0.5, 0.6) is 0 Å². The highest BCUT2D eigenvalue weighted by Gasteiger charge is 2.32. The van der Waals surface area contributed by atoms with E-state index in [9.17, 15) is 40.0 Å². The maximum Gasteiger partial charge on any atom is 0.416 e. The number of benzene rings is 2. The maximum absolute atomic E-state index is 13.6. The predicted molar refractivity (Wildman–Crippen MR) is 107 cm³/mol. The zero-order chi connectivity index (χ0) is 24.4. The van der Waals surface area contributed by atoms with Crippen molar-refractivity contribution in [1.29, 1.82) is 0 Å². The molecule has 0 spiro atoms. The Morgan fingerprint density at radius 3 is 2.52 bits per heavy atom. The van der Waals surface area contributed by atoms with Crippen molar-refractivity contribution in [2.24, 2.45) is 0 Å². The van der Waals surface area contributed by atoms with Crippen LogP contribution in [-0.4, -0.2) is 30.0 Å². The molecule has 0 bridgehead atoms. The molecule has 0 unspecified atom stereocenters. The Hall–Kier alpha value is -3.26. The molecule has 0 fully saturated rings. The molecule has 33 heavy (non-hydrogen) atoms. The van der Waals surface area contributed by atoms with Crippen molar-refractivity contribution in [1.82, 2.24) is 9.97 Å². The Morgan fingerprint density at radius 2 is 1.85 bits per heavy atom. The van der Waals surface area contributed by atoms with Crippen LogP contribution in [0.3, 0.4) is 0 Å². The Labute approximate surface area is 187 Å². The van der Waals surface area contributed by atoms with Gasteiger partial charge in [-0.2, -0.15) is 13.2 Å².